The summed E-state index contributed by atoms with van der Waals surface area (Å²) in [5.41, 5.74) is 2.48. The van der Waals surface area contributed by atoms with E-state index in [1.807, 2.05) is 37.3 Å². The van der Waals surface area contributed by atoms with E-state index in [1.54, 1.807) is 0 Å². The van der Waals surface area contributed by atoms with E-state index in [0.29, 0.717) is 33.9 Å². The van der Waals surface area contributed by atoms with Gasteiger partial charge in [-0.05, 0) is 12.5 Å². The highest BCUT2D eigenvalue weighted by atomic mass is 16.5. The largest absolute Gasteiger partial charge is 0.496 e. The van der Waals surface area contributed by atoms with E-state index in [4.69, 9.17) is 14.2 Å². The Kier molecular flexibility index (Phi) is 4.44. The van der Waals surface area contributed by atoms with Gasteiger partial charge in [-0.1, -0.05) is 30.3 Å². The number of Topliss-reactive ketones (excluding diaryl/α,β-unsaturated/α-hetero) is 1. The molecule has 24 heavy (non-hydrogen) atoms. The second-order valence-corrected chi connectivity index (χ2v) is 5.68. The molecule has 1 atom stereocenters. The molecule has 0 aromatic heterocycles. The van der Waals surface area contributed by atoms with E-state index < -0.39 is 0 Å². The fraction of sp³-hybridized carbons (Fsp3) is 0.316. The van der Waals surface area contributed by atoms with Gasteiger partial charge in [0.25, 0.3) is 0 Å². The summed E-state index contributed by atoms with van der Waals surface area (Å²) in [7, 11) is 2.99. The molecule has 2 aromatic rings. The van der Waals surface area contributed by atoms with Crippen molar-refractivity contribution in [1.82, 2.24) is 0 Å². The van der Waals surface area contributed by atoms with Gasteiger partial charge in [0.15, 0.2) is 5.78 Å². The number of ether oxygens (including phenoxy) is 3. The Morgan fingerprint density at radius 1 is 1.17 bits per heavy atom. The first-order valence-electron chi connectivity index (χ1n) is 7.75. The average molecular weight is 328 g/mol. The number of aliphatic hydroxyl groups excluding tert-OH is 1. The maximum absolute atomic E-state index is 12.8. The number of aliphatic hydroxyl groups is 1. The van der Waals surface area contributed by atoms with E-state index in [-0.39, 0.29) is 24.9 Å². The van der Waals surface area contributed by atoms with Crippen LogP contribution in [-0.2, 0) is 6.61 Å². The van der Waals surface area contributed by atoms with Crippen LogP contribution in [0.5, 0.6) is 17.2 Å². The van der Waals surface area contributed by atoms with Crippen molar-refractivity contribution in [1.29, 1.82) is 0 Å². The normalized spacial score (nSPS) is 16.3. The average Bonchev–Trinajstić information content (AvgIpc) is 2.62. The highest BCUT2D eigenvalue weighted by molar-refractivity contribution is 6.04. The van der Waals surface area contributed by atoms with Crippen molar-refractivity contribution < 1.29 is 24.1 Å². The van der Waals surface area contributed by atoms with E-state index in [1.165, 1.54) is 14.2 Å². The molecule has 5 nitrogen and oxygen atoms in total. The van der Waals surface area contributed by atoms with Crippen LogP contribution in [0.15, 0.2) is 30.3 Å². The number of carbonyl (C=O) groups excluding carboxylic acids is 1. The number of ketones is 1. The summed E-state index contributed by atoms with van der Waals surface area (Å²) in [5, 5.41) is 9.69. The molecule has 0 fully saturated rings. The third-order valence-electron chi connectivity index (χ3n) is 4.33. The first-order chi connectivity index (χ1) is 11.6. The van der Waals surface area contributed by atoms with Crippen LogP contribution in [0, 0.1) is 6.92 Å². The van der Waals surface area contributed by atoms with Gasteiger partial charge in [0.1, 0.15) is 28.9 Å². The lowest BCUT2D eigenvalue weighted by molar-refractivity contribution is 0.0841. The molecule has 1 heterocycles. The summed E-state index contributed by atoms with van der Waals surface area (Å²) in [6, 6.07) is 9.64. The molecule has 0 unspecified atom stereocenters. The number of benzene rings is 2. The summed E-state index contributed by atoms with van der Waals surface area (Å²) in [5.74, 6) is 1.20. The molecule has 1 N–H and O–H groups in total. The molecule has 0 saturated heterocycles. The molecule has 126 valence electrons. The summed E-state index contributed by atoms with van der Waals surface area (Å²) < 4.78 is 17.0. The molecule has 1 aliphatic rings. The molecule has 0 saturated carbocycles. The van der Waals surface area contributed by atoms with E-state index >= 15 is 0 Å². The van der Waals surface area contributed by atoms with Crippen LogP contribution in [-0.4, -0.2) is 25.1 Å². The molecule has 0 radical (unpaired) electrons. The zero-order valence-corrected chi connectivity index (χ0v) is 14.0. The highest BCUT2D eigenvalue weighted by Gasteiger charge is 2.35. The predicted octanol–water partition coefficient (Wildman–Crippen LogP) is 3.21. The van der Waals surface area contributed by atoms with E-state index in [2.05, 4.69) is 0 Å². The van der Waals surface area contributed by atoms with E-state index in [9.17, 15) is 9.90 Å². The van der Waals surface area contributed by atoms with Gasteiger partial charge in [0.2, 0.25) is 0 Å². The maximum atomic E-state index is 12.8. The molecule has 1 aliphatic heterocycles. The first-order valence-corrected chi connectivity index (χ1v) is 7.75. The molecule has 2 aromatic carbocycles. The number of hydrogen-bond donors (Lipinski definition) is 1. The lowest BCUT2D eigenvalue weighted by atomic mass is 9.91. The molecular formula is C19H20O5. The second-order valence-electron chi connectivity index (χ2n) is 5.68. The monoisotopic (exact) mass is 328 g/mol. The Labute approximate surface area is 140 Å². The van der Waals surface area contributed by atoms with Crippen molar-refractivity contribution >= 4 is 5.78 Å². The smallest absolute Gasteiger partial charge is 0.174 e. The zero-order chi connectivity index (χ0) is 17.3. The number of carbonyl (C=O) groups is 1. The third-order valence-corrected chi connectivity index (χ3v) is 4.33. The Morgan fingerprint density at radius 2 is 1.83 bits per heavy atom. The minimum absolute atomic E-state index is 0.0672. The van der Waals surface area contributed by atoms with Gasteiger partial charge in [-0.15, -0.1) is 0 Å². The Bertz CT molecular complexity index is 767. The fourth-order valence-electron chi connectivity index (χ4n) is 3.23. The predicted molar refractivity (Wildman–Crippen MR) is 89.0 cm³/mol. The molecule has 0 bridgehead atoms. The molecular weight excluding hydrogens is 308 g/mol. The van der Waals surface area contributed by atoms with Gasteiger partial charge in [-0.3, -0.25) is 4.79 Å². The molecule has 0 spiro atoms. The summed E-state index contributed by atoms with van der Waals surface area (Å²) >= 11 is 0. The van der Waals surface area contributed by atoms with Crippen LogP contribution in [0.3, 0.4) is 0 Å². The van der Waals surface area contributed by atoms with Gasteiger partial charge in [-0.25, -0.2) is 0 Å². The van der Waals surface area contributed by atoms with Gasteiger partial charge >= 0.3 is 0 Å². The van der Waals surface area contributed by atoms with Crippen molar-refractivity contribution in [2.45, 2.75) is 26.1 Å². The van der Waals surface area contributed by atoms with Crippen LogP contribution in [0.2, 0.25) is 0 Å². The lowest BCUT2D eigenvalue weighted by Gasteiger charge is -2.30. The fourth-order valence-corrected chi connectivity index (χ4v) is 3.23. The van der Waals surface area contributed by atoms with Crippen molar-refractivity contribution in [3.8, 4) is 17.2 Å². The van der Waals surface area contributed by atoms with Crippen LogP contribution in [0.25, 0.3) is 0 Å². The Morgan fingerprint density at radius 3 is 2.42 bits per heavy atom. The summed E-state index contributed by atoms with van der Waals surface area (Å²) in [6.45, 7) is 1.53. The summed E-state index contributed by atoms with van der Waals surface area (Å²) in [6.07, 6.45) is -0.122. The van der Waals surface area contributed by atoms with Crippen LogP contribution in [0.4, 0.5) is 0 Å². The SMILES string of the molecule is COc1c(C)c2c(c(OC)c1CO)C(=O)C[C@H](c1ccccc1)O2. The molecule has 0 amide bonds. The molecule has 3 rings (SSSR count). The van der Waals surface area contributed by atoms with Crippen molar-refractivity contribution in [2.75, 3.05) is 14.2 Å². The number of fused-ring (bicyclic) bond motifs is 1. The summed E-state index contributed by atoms with van der Waals surface area (Å²) in [4.78, 5) is 12.8. The highest BCUT2D eigenvalue weighted by Crippen LogP contribution is 2.48. The number of methoxy groups -OCH3 is 2. The third kappa shape index (κ3) is 2.51. The van der Waals surface area contributed by atoms with Gasteiger partial charge in [0.05, 0.1) is 32.8 Å². The Hall–Kier alpha value is -2.53. The first kappa shape index (κ1) is 16.3. The zero-order valence-electron chi connectivity index (χ0n) is 14.0. The Balaban J connectivity index is 2.18. The number of hydrogen-bond acceptors (Lipinski definition) is 5. The van der Waals surface area contributed by atoms with Gasteiger partial charge in [0, 0.05) is 5.56 Å². The van der Waals surface area contributed by atoms with Crippen molar-refractivity contribution in [3.63, 3.8) is 0 Å². The van der Waals surface area contributed by atoms with Crippen molar-refractivity contribution in [3.05, 3.63) is 52.6 Å². The van der Waals surface area contributed by atoms with Crippen LogP contribution >= 0.6 is 0 Å². The topological polar surface area (TPSA) is 65.0 Å². The standard InChI is InChI=1S/C19H20O5/c1-11-17(22-2)13(10-20)19(23-3)16-14(21)9-15(24-18(11)16)12-7-5-4-6-8-12/h4-8,15,20H,9-10H2,1-3H3/t15-/m1/s1. The maximum Gasteiger partial charge on any atom is 0.174 e. The van der Waals surface area contributed by atoms with Gasteiger partial charge < -0.3 is 19.3 Å². The quantitative estimate of drug-likeness (QED) is 0.933. The lowest BCUT2D eigenvalue weighted by Crippen LogP contribution is -2.23. The van der Waals surface area contributed by atoms with E-state index in [0.717, 1.165) is 5.56 Å². The minimum atomic E-state index is -0.348. The molecule has 5 heteroatoms. The van der Waals surface area contributed by atoms with Crippen LogP contribution < -0.4 is 14.2 Å². The number of rotatable bonds is 4. The van der Waals surface area contributed by atoms with Crippen molar-refractivity contribution in [2.24, 2.45) is 0 Å². The molecule has 0 aliphatic carbocycles. The second kappa shape index (κ2) is 6.53. The van der Waals surface area contributed by atoms with Crippen LogP contribution in [0.1, 0.15) is 39.6 Å². The van der Waals surface area contributed by atoms with Gasteiger partial charge in [-0.2, -0.15) is 0 Å². The minimum Gasteiger partial charge on any atom is -0.496 e.